The van der Waals surface area contributed by atoms with Crippen LogP contribution in [0.4, 0.5) is 10.5 Å². The fourth-order valence-electron chi connectivity index (χ4n) is 4.14. The molecule has 3 aromatic rings. The van der Waals surface area contributed by atoms with Crippen LogP contribution < -0.4 is 10.6 Å². The lowest BCUT2D eigenvalue weighted by Gasteiger charge is -2.25. The van der Waals surface area contributed by atoms with E-state index in [1.807, 2.05) is 51.1 Å². The fourth-order valence-corrected chi connectivity index (χ4v) is 4.14. The van der Waals surface area contributed by atoms with Crippen LogP contribution in [-0.2, 0) is 11.3 Å². The second-order valence-corrected chi connectivity index (χ2v) is 9.46. The number of hydrogen-bond donors (Lipinski definition) is 3. The Balaban J connectivity index is 1.60. The molecule has 2 amide bonds. The molecule has 0 spiro atoms. The number of carbonyl (C=O) groups is 2. The topological polar surface area (TPSA) is 96.3 Å². The van der Waals surface area contributed by atoms with E-state index in [0.29, 0.717) is 29.9 Å². The van der Waals surface area contributed by atoms with Gasteiger partial charge in [0.05, 0.1) is 11.4 Å². The van der Waals surface area contributed by atoms with Crippen LogP contribution in [0.15, 0.2) is 48.5 Å². The number of phenols is 1. The van der Waals surface area contributed by atoms with Gasteiger partial charge in [-0.25, -0.2) is 4.79 Å². The van der Waals surface area contributed by atoms with Gasteiger partial charge < -0.3 is 15.7 Å². The smallest absolute Gasteiger partial charge is 0.342 e. The number of aryl methyl sites for hydroxylation is 1. The third-order valence-corrected chi connectivity index (χ3v) is 6.29. The minimum atomic E-state index is -0.294. The van der Waals surface area contributed by atoms with Crippen LogP contribution in [0.3, 0.4) is 0 Å². The number of hydrogen-bond acceptors (Lipinski definition) is 4. The first-order valence-electron chi connectivity index (χ1n) is 11.9. The van der Waals surface area contributed by atoms with Gasteiger partial charge in [-0.15, -0.1) is 0 Å². The Morgan fingerprint density at radius 1 is 1.15 bits per heavy atom. The van der Waals surface area contributed by atoms with Crippen LogP contribution in [0, 0.1) is 12.8 Å². The lowest BCUT2D eigenvalue weighted by atomic mass is 9.82. The molecule has 1 aromatic heterocycles. The molecule has 4 rings (SSSR count). The number of phenolic OH excluding ortho intramolecular Hbond substituents is 1. The molecule has 1 heterocycles. The van der Waals surface area contributed by atoms with Crippen LogP contribution in [0.5, 0.6) is 5.75 Å². The molecule has 2 aromatic carbocycles. The van der Waals surface area contributed by atoms with Gasteiger partial charge in [0, 0.05) is 30.1 Å². The number of carbonyl (C=O) groups excluding carboxylic acids is 2. The third kappa shape index (κ3) is 5.30. The van der Waals surface area contributed by atoms with E-state index in [1.54, 1.807) is 18.2 Å². The maximum Gasteiger partial charge on any atom is 0.342 e. The number of anilines is 1. The molecular formula is C27H32N4O3. The Kier molecular flexibility index (Phi) is 7.01. The van der Waals surface area contributed by atoms with Crippen molar-refractivity contribution in [3.63, 3.8) is 0 Å². The minimum absolute atomic E-state index is 0.0481. The van der Waals surface area contributed by atoms with E-state index in [4.69, 9.17) is 0 Å². The van der Waals surface area contributed by atoms with Gasteiger partial charge in [0.15, 0.2) is 0 Å². The van der Waals surface area contributed by atoms with E-state index in [9.17, 15) is 14.7 Å². The minimum Gasteiger partial charge on any atom is -0.507 e. The zero-order valence-electron chi connectivity index (χ0n) is 20.0. The zero-order valence-corrected chi connectivity index (χ0v) is 20.0. The lowest BCUT2D eigenvalue weighted by molar-refractivity contribution is -0.116. The van der Waals surface area contributed by atoms with E-state index in [2.05, 4.69) is 15.7 Å². The highest BCUT2D eigenvalue weighted by atomic mass is 16.3. The van der Waals surface area contributed by atoms with Crippen LogP contribution in [0.1, 0.15) is 62.3 Å². The molecule has 0 bridgehead atoms. The predicted octanol–water partition coefficient (Wildman–Crippen LogP) is 5.57. The monoisotopic (exact) mass is 460 g/mol. The number of nitrogens with zero attached hydrogens (tertiary/aromatic N) is 2. The second kappa shape index (κ2) is 10.1. The molecule has 0 saturated heterocycles. The average Bonchev–Trinajstić information content (AvgIpc) is 3.17. The normalized spacial score (nSPS) is 13.5. The highest BCUT2D eigenvalue weighted by Crippen LogP contribution is 2.39. The number of aromatic nitrogens is 2. The molecule has 34 heavy (non-hydrogen) atoms. The molecule has 1 fully saturated rings. The van der Waals surface area contributed by atoms with E-state index in [0.717, 1.165) is 36.1 Å². The van der Waals surface area contributed by atoms with E-state index < -0.39 is 0 Å². The summed E-state index contributed by atoms with van der Waals surface area (Å²) in [5.41, 5.74) is 4.58. The van der Waals surface area contributed by atoms with Gasteiger partial charge in [0.1, 0.15) is 5.75 Å². The molecule has 7 heteroatoms. The van der Waals surface area contributed by atoms with Crippen molar-refractivity contribution in [3.05, 3.63) is 65.4 Å². The summed E-state index contributed by atoms with van der Waals surface area (Å²) in [7, 11) is 0. The molecule has 3 N–H and O–H groups in total. The summed E-state index contributed by atoms with van der Waals surface area (Å²) in [6.45, 7) is 6.40. The number of benzene rings is 2. The maximum atomic E-state index is 13.1. The summed E-state index contributed by atoms with van der Waals surface area (Å²) in [5, 5.41) is 21.0. The molecule has 1 aliphatic rings. The highest BCUT2D eigenvalue weighted by Gasteiger charge is 2.27. The van der Waals surface area contributed by atoms with Gasteiger partial charge in [0.2, 0.25) is 5.91 Å². The van der Waals surface area contributed by atoms with Gasteiger partial charge in [-0.2, -0.15) is 9.78 Å². The van der Waals surface area contributed by atoms with E-state index in [-0.39, 0.29) is 29.5 Å². The first-order valence-corrected chi connectivity index (χ1v) is 11.9. The number of rotatable bonds is 7. The van der Waals surface area contributed by atoms with Gasteiger partial charge in [0.25, 0.3) is 0 Å². The van der Waals surface area contributed by atoms with Crippen LogP contribution >= 0.6 is 0 Å². The van der Waals surface area contributed by atoms with Crippen LogP contribution in [0.2, 0.25) is 0 Å². The summed E-state index contributed by atoms with van der Waals surface area (Å²) in [6.07, 6.45) is 3.55. The average molecular weight is 461 g/mol. The van der Waals surface area contributed by atoms with Crippen molar-refractivity contribution in [2.45, 2.75) is 58.9 Å². The van der Waals surface area contributed by atoms with Gasteiger partial charge in [-0.05, 0) is 61.1 Å². The summed E-state index contributed by atoms with van der Waals surface area (Å²) in [4.78, 5) is 25.3. The first kappa shape index (κ1) is 23.5. The van der Waals surface area contributed by atoms with Crippen molar-refractivity contribution in [1.29, 1.82) is 0 Å². The molecule has 7 nitrogen and oxygen atoms in total. The Bertz CT molecular complexity index is 1190. The van der Waals surface area contributed by atoms with Gasteiger partial charge in [-0.1, -0.05) is 44.5 Å². The Morgan fingerprint density at radius 2 is 1.91 bits per heavy atom. The number of amides is 2. The van der Waals surface area contributed by atoms with E-state index >= 15 is 0 Å². The summed E-state index contributed by atoms with van der Waals surface area (Å²) < 4.78 is 1.43. The highest BCUT2D eigenvalue weighted by molar-refractivity contribution is 5.92. The summed E-state index contributed by atoms with van der Waals surface area (Å²) >= 11 is 0. The molecule has 0 radical (unpaired) electrons. The number of aromatic hydroxyl groups is 1. The van der Waals surface area contributed by atoms with E-state index in [1.165, 1.54) is 4.68 Å². The maximum absolute atomic E-state index is 13.1. The molecule has 1 aliphatic carbocycles. The molecule has 0 atom stereocenters. The molecule has 178 valence electrons. The molecular weight excluding hydrogens is 428 g/mol. The van der Waals surface area contributed by atoms with Crippen LogP contribution in [-0.4, -0.2) is 26.8 Å². The van der Waals surface area contributed by atoms with Crippen molar-refractivity contribution in [2.75, 3.05) is 5.32 Å². The summed E-state index contributed by atoms with van der Waals surface area (Å²) in [6, 6.07) is 14.4. The first-order chi connectivity index (χ1) is 16.3. The van der Waals surface area contributed by atoms with Crippen molar-refractivity contribution >= 4 is 17.6 Å². The van der Waals surface area contributed by atoms with Crippen molar-refractivity contribution in [1.82, 2.24) is 15.1 Å². The Labute approximate surface area is 200 Å². The molecule has 0 aliphatic heterocycles. The Morgan fingerprint density at radius 3 is 2.59 bits per heavy atom. The van der Waals surface area contributed by atoms with Gasteiger partial charge >= 0.3 is 6.03 Å². The van der Waals surface area contributed by atoms with Gasteiger partial charge in [-0.3, -0.25) is 4.79 Å². The fraction of sp³-hybridized carbons (Fsp3) is 0.370. The van der Waals surface area contributed by atoms with Crippen molar-refractivity contribution < 1.29 is 14.7 Å². The SMILES string of the molecule is Cc1ccccc1CNC(=O)n1nc(-c2cc(NC(=O)CC(C)C)ccc2O)cc1C1CCC1. The Hall–Kier alpha value is -3.61. The largest absolute Gasteiger partial charge is 0.507 e. The standard InChI is InChI=1S/C27H32N4O3/c1-17(2)13-26(33)29-21-11-12-25(32)22(14-21)23-15-24(19-9-6-10-19)31(30-23)27(34)28-16-20-8-5-4-7-18(20)3/h4-5,7-8,11-12,14-15,17,19,32H,6,9-10,13,16H2,1-3H3,(H,28,34)(H,29,33). The summed E-state index contributed by atoms with van der Waals surface area (Å²) in [5.74, 6) is 0.479. The van der Waals surface area contributed by atoms with Crippen molar-refractivity contribution in [2.24, 2.45) is 5.92 Å². The zero-order chi connectivity index (χ0) is 24.2. The quantitative estimate of drug-likeness (QED) is 0.401. The third-order valence-electron chi connectivity index (χ3n) is 6.29. The van der Waals surface area contributed by atoms with Crippen LogP contribution in [0.25, 0.3) is 11.3 Å². The molecule has 0 unspecified atom stereocenters. The predicted molar refractivity (Wildman–Crippen MR) is 133 cm³/mol. The molecule has 1 saturated carbocycles. The second-order valence-electron chi connectivity index (χ2n) is 9.46. The van der Waals surface area contributed by atoms with Crippen molar-refractivity contribution in [3.8, 4) is 17.0 Å². The number of nitrogens with one attached hydrogen (secondary N) is 2. The lowest BCUT2D eigenvalue weighted by Crippen LogP contribution is -2.31.